The number of hydrogen-bond donors (Lipinski definition) is 2. The van der Waals surface area contributed by atoms with Gasteiger partial charge in [-0.3, -0.25) is 0 Å². The van der Waals surface area contributed by atoms with Crippen LogP contribution in [-0.2, 0) is 16.6 Å². The van der Waals surface area contributed by atoms with Crippen LogP contribution in [0.2, 0.25) is 0 Å². The summed E-state index contributed by atoms with van der Waals surface area (Å²) in [6.45, 7) is 2.36. The van der Waals surface area contributed by atoms with E-state index in [4.69, 9.17) is 0 Å². The third-order valence-electron chi connectivity index (χ3n) is 2.99. The molecule has 0 aliphatic rings. The summed E-state index contributed by atoms with van der Waals surface area (Å²) in [5.41, 5.74) is 0.714. The van der Waals surface area contributed by atoms with Crippen LogP contribution in [0.5, 0.6) is 0 Å². The number of rotatable bonds is 6. The van der Waals surface area contributed by atoms with Crippen molar-refractivity contribution in [3.63, 3.8) is 0 Å². The van der Waals surface area contributed by atoms with Crippen molar-refractivity contribution in [3.05, 3.63) is 52.0 Å². The maximum atomic E-state index is 12.9. The molecule has 1 aromatic carbocycles. The molecule has 0 spiro atoms. The highest BCUT2D eigenvalue weighted by atomic mass is 32.2. The molecule has 0 saturated carbocycles. The van der Waals surface area contributed by atoms with Crippen LogP contribution in [0.4, 0.5) is 4.39 Å². The fraction of sp³-hybridized carbons (Fsp3) is 0.286. The van der Waals surface area contributed by atoms with E-state index in [1.807, 2.05) is 7.05 Å². The van der Waals surface area contributed by atoms with Crippen LogP contribution in [0.25, 0.3) is 0 Å². The third kappa shape index (κ3) is 4.10. The van der Waals surface area contributed by atoms with E-state index >= 15 is 0 Å². The number of thiophene rings is 1. The van der Waals surface area contributed by atoms with Gasteiger partial charge in [0.15, 0.2) is 0 Å². The Hall–Kier alpha value is -1.28. The predicted molar refractivity (Wildman–Crippen MR) is 82.2 cm³/mol. The first-order valence-corrected chi connectivity index (χ1v) is 8.78. The Balaban J connectivity index is 2.14. The predicted octanol–water partition coefficient (Wildman–Crippen LogP) is 2.65. The van der Waals surface area contributed by atoms with E-state index in [1.54, 1.807) is 30.5 Å². The van der Waals surface area contributed by atoms with E-state index in [2.05, 4.69) is 10.0 Å². The molecule has 2 N–H and O–H groups in total. The van der Waals surface area contributed by atoms with Gasteiger partial charge in [0.1, 0.15) is 5.82 Å². The average Bonchev–Trinajstić information content (AvgIpc) is 2.89. The van der Waals surface area contributed by atoms with Crippen molar-refractivity contribution in [1.82, 2.24) is 10.0 Å². The molecular weight excluding hydrogens is 311 g/mol. The van der Waals surface area contributed by atoms with Crippen molar-refractivity contribution < 1.29 is 12.8 Å². The van der Waals surface area contributed by atoms with Crippen LogP contribution in [0, 0.1) is 5.82 Å². The minimum Gasteiger partial charge on any atom is -0.315 e. The molecule has 0 fully saturated rings. The van der Waals surface area contributed by atoms with E-state index in [0.29, 0.717) is 12.1 Å². The average molecular weight is 328 g/mol. The number of hydrogen-bond acceptors (Lipinski definition) is 4. The van der Waals surface area contributed by atoms with E-state index in [0.717, 1.165) is 4.88 Å². The molecule has 0 aliphatic heterocycles. The van der Waals surface area contributed by atoms with Crippen LogP contribution < -0.4 is 10.0 Å². The zero-order valence-corrected chi connectivity index (χ0v) is 13.4. The second kappa shape index (κ2) is 6.65. The Morgan fingerprint density at radius 3 is 2.57 bits per heavy atom. The summed E-state index contributed by atoms with van der Waals surface area (Å²) >= 11 is 1.39. The van der Waals surface area contributed by atoms with Gasteiger partial charge in [-0.05, 0) is 37.7 Å². The molecule has 1 heterocycles. The van der Waals surface area contributed by atoms with Crippen LogP contribution in [-0.4, -0.2) is 15.5 Å². The molecule has 2 rings (SSSR count). The van der Waals surface area contributed by atoms with E-state index < -0.39 is 16.1 Å². The van der Waals surface area contributed by atoms with Crippen LogP contribution in [0.3, 0.4) is 0 Å². The van der Waals surface area contributed by atoms with Gasteiger partial charge < -0.3 is 5.32 Å². The molecule has 0 aliphatic carbocycles. The van der Waals surface area contributed by atoms with Gasteiger partial charge in [-0.1, -0.05) is 12.1 Å². The van der Waals surface area contributed by atoms with Gasteiger partial charge in [0.05, 0.1) is 4.90 Å². The minimum atomic E-state index is -3.58. The fourth-order valence-corrected chi connectivity index (χ4v) is 4.41. The fourth-order valence-electron chi connectivity index (χ4n) is 1.89. The molecule has 0 amide bonds. The smallest absolute Gasteiger partial charge is 0.241 e. The number of sulfonamides is 1. The molecule has 1 atom stereocenters. The van der Waals surface area contributed by atoms with Crippen molar-refractivity contribution in [3.8, 4) is 0 Å². The summed E-state index contributed by atoms with van der Waals surface area (Å²) in [6.07, 6.45) is 0. The summed E-state index contributed by atoms with van der Waals surface area (Å²) in [6, 6.07) is 7.00. The van der Waals surface area contributed by atoms with Crippen LogP contribution in [0.15, 0.2) is 40.6 Å². The topological polar surface area (TPSA) is 58.2 Å². The second-order valence-electron chi connectivity index (χ2n) is 4.67. The first-order chi connectivity index (χ1) is 9.92. The van der Waals surface area contributed by atoms with Gasteiger partial charge in [-0.2, -0.15) is 0 Å². The quantitative estimate of drug-likeness (QED) is 0.857. The lowest BCUT2D eigenvalue weighted by atomic mass is 10.1. The highest BCUT2D eigenvalue weighted by Gasteiger charge is 2.19. The van der Waals surface area contributed by atoms with Crippen molar-refractivity contribution in [1.29, 1.82) is 0 Å². The van der Waals surface area contributed by atoms with Gasteiger partial charge in [-0.15, -0.1) is 11.3 Å². The summed E-state index contributed by atoms with van der Waals surface area (Å²) < 4.78 is 40.1. The Bertz CT molecular complexity index is 696. The summed E-state index contributed by atoms with van der Waals surface area (Å²) in [4.78, 5) is 1.21. The highest BCUT2D eigenvalue weighted by molar-refractivity contribution is 7.89. The van der Waals surface area contributed by atoms with Crippen molar-refractivity contribution in [2.75, 3.05) is 7.05 Å². The molecule has 0 radical (unpaired) electrons. The Labute approximate surface area is 128 Å². The summed E-state index contributed by atoms with van der Waals surface area (Å²) in [5, 5.41) is 4.60. The summed E-state index contributed by atoms with van der Waals surface area (Å²) in [7, 11) is -1.77. The molecule has 114 valence electrons. The lowest BCUT2D eigenvalue weighted by Crippen LogP contribution is -2.26. The zero-order chi connectivity index (χ0) is 15.5. The number of benzene rings is 1. The van der Waals surface area contributed by atoms with Crippen molar-refractivity contribution >= 4 is 21.4 Å². The summed E-state index contributed by atoms with van der Waals surface area (Å²) in [5.74, 6) is -0.344. The van der Waals surface area contributed by atoms with Crippen molar-refractivity contribution in [2.24, 2.45) is 0 Å². The molecule has 7 heteroatoms. The van der Waals surface area contributed by atoms with E-state index in [9.17, 15) is 12.8 Å². The molecule has 21 heavy (non-hydrogen) atoms. The molecule has 4 nitrogen and oxygen atoms in total. The number of halogens is 1. The largest absolute Gasteiger partial charge is 0.315 e. The molecule has 0 bridgehead atoms. The van der Waals surface area contributed by atoms with Gasteiger partial charge in [0.2, 0.25) is 10.0 Å². The second-order valence-corrected chi connectivity index (χ2v) is 7.38. The van der Waals surface area contributed by atoms with Crippen LogP contribution >= 0.6 is 11.3 Å². The third-order valence-corrected chi connectivity index (χ3v) is 5.60. The van der Waals surface area contributed by atoms with E-state index in [-0.39, 0.29) is 10.7 Å². The first kappa shape index (κ1) is 16.1. The van der Waals surface area contributed by atoms with Gasteiger partial charge in [-0.25, -0.2) is 17.5 Å². The lowest BCUT2D eigenvalue weighted by Gasteiger charge is -2.13. The Morgan fingerprint density at radius 2 is 1.95 bits per heavy atom. The standard InChI is InChI=1S/C14H17FN2O2S2/c1-10(11-3-5-12(15)6-4-11)17-21(18,19)14-7-13(8-16-2)20-9-14/h3-7,9-10,16-17H,8H2,1-2H3. The Morgan fingerprint density at radius 1 is 1.29 bits per heavy atom. The first-order valence-electron chi connectivity index (χ1n) is 6.42. The maximum absolute atomic E-state index is 12.9. The molecule has 2 aromatic rings. The van der Waals surface area contributed by atoms with E-state index in [1.165, 1.54) is 23.5 Å². The lowest BCUT2D eigenvalue weighted by molar-refractivity contribution is 0.566. The molecule has 0 saturated heterocycles. The monoisotopic (exact) mass is 328 g/mol. The molecule has 1 unspecified atom stereocenters. The van der Waals surface area contributed by atoms with Gasteiger partial charge >= 0.3 is 0 Å². The van der Waals surface area contributed by atoms with Crippen LogP contribution in [0.1, 0.15) is 23.4 Å². The normalized spacial score (nSPS) is 13.3. The maximum Gasteiger partial charge on any atom is 0.241 e. The minimum absolute atomic E-state index is 0.256. The Kier molecular flexibility index (Phi) is 5.10. The molecular formula is C14H17FN2O2S2. The SMILES string of the molecule is CNCc1cc(S(=O)(=O)NC(C)c2ccc(F)cc2)cs1. The van der Waals surface area contributed by atoms with Gasteiger partial charge in [0, 0.05) is 22.8 Å². The zero-order valence-electron chi connectivity index (χ0n) is 11.8. The highest BCUT2D eigenvalue weighted by Crippen LogP contribution is 2.22. The van der Waals surface area contributed by atoms with Crippen molar-refractivity contribution in [2.45, 2.75) is 24.4 Å². The molecule has 1 aromatic heterocycles. The van der Waals surface area contributed by atoms with Gasteiger partial charge in [0.25, 0.3) is 0 Å². The number of nitrogens with one attached hydrogen (secondary N) is 2.